The largest absolute Gasteiger partial charge is 0.279 e. The molecule has 1 aromatic heterocycles. The maximum atomic E-state index is 12.7. The highest BCUT2D eigenvalue weighted by molar-refractivity contribution is 9.10. The SMILES string of the molecule is O=c1c2ccccc2c(Br)nn1-c1ccc(Sc2ccccc2)cc1. The van der Waals surface area contributed by atoms with Crippen LogP contribution in [-0.4, -0.2) is 9.78 Å². The normalized spacial score (nSPS) is 10.9. The maximum Gasteiger partial charge on any atom is 0.279 e. The molecule has 0 aliphatic heterocycles. The second-order valence-electron chi connectivity index (χ2n) is 5.46. The topological polar surface area (TPSA) is 34.9 Å². The molecule has 0 saturated carbocycles. The molecule has 122 valence electrons. The third-order valence-electron chi connectivity index (χ3n) is 3.82. The summed E-state index contributed by atoms with van der Waals surface area (Å²) in [4.78, 5) is 15.0. The van der Waals surface area contributed by atoms with Gasteiger partial charge in [0.25, 0.3) is 5.56 Å². The minimum Gasteiger partial charge on any atom is -0.267 e. The highest BCUT2D eigenvalue weighted by Crippen LogP contribution is 2.28. The van der Waals surface area contributed by atoms with Gasteiger partial charge in [-0.25, -0.2) is 0 Å². The standard InChI is InChI=1S/C20H13BrN2OS/c21-19-17-8-4-5-9-18(17)20(24)23(22-19)14-10-12-16(13-11-14)25-15-6-2-1-3-7-15/h1-13H. The molecule has 0 atom stereocenters. The monoisotopic (exact) mass is 408 g/mol. The van der Waals surface area contributed by atoms with Crippen molar-refractivity contribution in [2.45, 2.75) is 9.79 Å². The van der Waals surface area contributed by atoms with E-state index >= 15 is 0 Å². The third-order valence-corrected chi connectivity index (χ3v) is 5.42. The van der Waals surface area contributed by atoms with Crippen LogP contribution >= 0.6 is 27.7 Å². The molecule has 0 spiro atoms. The molecule has 0 aliphatic carbocycles. The van der Waals surface area contributed by atoms with Crippen LogP contribution in [0.25, 0.3) is 16.5 Å². The van der Waals surface area contributed by atoms with Gasteiger partial charge in [-0.05, 0) is 58.4 Å². The molecule has 25 heavy (non-hydrogen) atoms. The summed E-state index contributed by atoms with van der Waals surface area (Å²) in [6.45, 7) is 0. The Morgan fingerprint density at radius 2 is 1.36 bits per heavy atom. The van der Waals surface area contributed by atoms with Crippen molar-refractivity contribution in [2.24, 2.45) is 0 Å². The lowest BCUT2D eigenvalue weighted by atomic mass is 10.2. The van der Waals surface area contributed by atoms with Crippen LogP contribution in [0.2, 0.25) is 0 Å². The van der Waals surface area contributed by atoms with E-state index in [0.29, 0.717) is 9.99 Å². The fraction of sp³-hybridized carbons (Fsp3) is 0. The Balaban J connectivity index is 1.72. The number of fused-ring (bicyclic) bond motifs is 1. The van der Waals surface area contributed by atoms with Crippen LogP contribution in [0.3, 0.4) is 0 Å². The summed E-state index contributed by atoms with van der Waals surface area (Å²) >= 11 is 5.15. The van der Waals surface area contributed by atoms with Gasteiger partial charge in [0, 0.05) is 15.2 Å². The predicted octanol–water partition coefficient (Wildman–Crippen LogP) is 5.30. The van der Waals surface area contributed by atoms with Crippen LogP contribution in [0.5, 0.6) is 0 Å². The Labute approximate surface area is 157 Å². The summed E-state index contributed by atoms with van der Waals surface area (Å²) in [6, 6.07) is 25.5. The molecule has 0 fully saturated rings. The maximum absolute atomic E-state index is 12.7. The molecule has 4 rings (SSSR count). The second-order valence-corrected chi connectivity index (χ2v) is 7.36. The lowest BCUT2D eigenvalue weighted by Gasteiger charge is -2.09. The first-order valence-electron chi connectivity index (χ1n) is 7.73. The quantitative estimate of drug-likeness (QED) is 0.461. The molecule has 4 aromatic rings. The molecule has 3 nitrogen and oxygen atoms in total. The Bertz CT molecular complexity index is 1090. The molecule has 0 radical (unpaired) electrons. The van der Waals surface area contributed by atoms with Gasteiger partial charge < -0.3 is 0 Å². The van der Waals surface area contributed by atoms with E-state index in [2.05, 4.69) is 33.2 Å². The first kappa shape index (κ1) is 16.1. The van der Waals surface area contributed by atoms with E-state index in [9.17, 15) is 4.79 Å². The van der Waals surface area contributed by atoms with Gasteiger partial charge in [0.1, 0.15) is 4.60 Å². The Kier molecular flexibility index (Phi) is 4.42. The number of hydrogen-bond donors (Lipinski definition) is 0. The minimum absolute atomic E-state index is 0.123. The van der Waals surface area contributed by atoms with Gasteiger partial charge in [-0.3, -0.25) is 4.79 Å². The zero-order chi connectivity index (χ0) is 17.2. The van der Waals surface area contributed by atoms with E-state index in [1.165, 1.54) is 9.58 Å². The summed E-state index contributed by atoms with van der Waals surface area (Å²) in [5.41, 5.74) is 0.621. The van der Waals surface area contributed by atoms with Gasteiger partial charge in [0.2, 0.25) is 0 Å². The summed E-state index contributed by atoms with van der Waals surface area (Å²) in [6.07, 6.45) is 0. The average Bonchev–Trinajstić information content (AvgIpc) is 2.66. The second kappa shape index (κ2) is 6.86. The Morgan fingerprint density at radius 1 is 0.760 bits per heavy atom. The molecule has 5 heteroatoms. The summed E-state index contributed by atoms with van der Waals surface area (Å²) in [5, 5.41) is 5.86. The van der Waals surface area contributed by atoms with E-state index in [0.717, 1.165) is 16.0 Å². The van der Waals surface area contributed by atoms with Gasteiger partial charge in [-0.15, -0.1) is 0 Å². The summed E-state index contributed by atoms with van der Waals surface area (Å²) < 4.78 is 2.09. The predicted molar refractivity (Wildman–Crippen MR) is 106 cm³/mol. The molecule has 3 aromatic carbocycles. The number of rotatable bonds is 3. The smallest absolute Gasteiger partial charge is 0.267 e. The average molecular weight is 409 g/mol. The van der Waals surface area contributed by atoms with E-state index < -0.39 is 0 Å². The fourth-order valence-electron chi connectivity index (χ4n) is 2.61. The van der Waals surface area contributed by atoms with Gasteiger partial charge in [-0.2, -0.15) is 9.78 Å². The first-order valence-corrected chi connectivity index (χ1v) is 9.34. The van der Waals surface area contributed by atoms with Crippen molar-refractivity contribution >= 4 is 38.5 Å². The van der Waals surface area contributed by atoms with E-state index in [4.69, 9.17) is 0 Å². The molecule has 0 amide bonds. The fourth-order valence-corrected chi connectivity index (χ4v) is 3.95. The van der Waals surface area contributed by atoms with Gasteiger partial charge in [-0.1, -0.05) is 48.2 Å². The molecular formula is C20H13BrN2OS. The first-order chi connectivity index (χ1) is 12.2. The zero-order valence-corrected chi connectivity index (χ0v) is 15.5. The molecule has 1 heterocycles. The van der Waals surface area contributed by atoms with Crippen molar-refractivity contribution in [1.29, 1.82) is 0 Å². The zero-order valence-electron chi connectivity index (χ0n) is 13.1. The lowest BCUT2D eigenvalue weighted by Crippen LogP contribution is -2.21. The Morgan fingerprint density at radius 3 is 2.08 bits per heavy atom. The summed E-state index contributed by atoms with van der Waals surface area (Å²) in [7, 11) is 0. The van der Waals surface area contributed by atoms with E-state index in [-0.39, 0.29) is 5.56 Å². The van der Waals surface area contributed by atoms with Crippen LogP contribution in [0.1, 0.15) is 0 Å². The lowest BCUT2D eigenvalue weighted by molar-refractivity contribution is 0.808. The number of hydrogen-bond acceptors (Lipinski definition) is 3. The molecule has 0 N–H and O–H groups in total. The number of aromatic nitrogens is 2. The highest BCUT2D eigenvalue weighted by Gasteiger charge is 2.10. The van der Waals surface area contributed by atoms with Crippen molar-refractivity contribution in [2.75, 3.05) is 0 Å². The van der Waals surface area contributed by atoms with Crippen LogP contribution in [0, 0.1) is 0 Å². The molecule has 0 bridgehead atoms. The van der Waals surface area contributed by atoms with Crippen molar-refractivity contribution in [1.82, 2.24) is 9.78 Å². The number of halogens is 1. The highest BCUT2D eigenvalue weighted by atomic mass is 79.9. The van der Waals surface area contributed by atoms with Crippen LogP contribution in [0.4, 0.5) is 0 Å². The molecule has 0 saturated heterocycles. The van der Waals surface area contributed by atoms with E-state index in [1.54, 1.807) is 11.8 Å². The van der Waals surface area contributed by atoms with Gasteiger partial charge >= 0.3 is 0 Å². The van der Waals surface area contributed by atoms with Crippen molar-refractivity contribution < 1.29 is 0 Å². The Hall–Kier alpha value is -2.37. The number of benzene rings is 3. The van der Waals surface area contributed by atoms with Crippen molar-refractivity contribution in [3.63, 3.8) is 0 Å². The van der Waals surface area contributed by atoms with Gasteiger partial charge in [0.05, 0.1) is 11.1 Å². The molecule has 0 aliphatic rings. The molecule has 0 unspecified atom stereocenters. The van der Waals surface area contributed by atoms with Crippen molar-refractivity contribution in [3.05, 3.63) is 93.8 Å². The third kappa shape index (κ3) is 3.25. The molecular weight excluding hydrogens is 396 g/mol. The van der Waals surface area contributed by atoms with Crippen LogP contribution < -0.4 is 5.56 Å². The number of nitrogens with zero attached hydrogens (tertiary/aromatic N) is 2. The van der Waals surface area contributed by atoms with Gasteiger partial charge in [0.15, 0.2) is 0 Å². The minimum atomic E-state index is -0.123. The van der Waals surface area contributed by atoms with E-state index in [1.807, 2.05) is 66.7 Å². The van der Waals surface area contributed by atoms with Crippen LogP contribution in [0.15, 0.2) is 98.1 Å². The van der Waals surface area contributed by atoms with Crippen LogP contribution in [-0.2, 0) is 0 Å². The summed E-state index contributed by atoms with van der Waals surface area (Å²) in [5.74, 6) is 0. The van der Waals surface area contributed by atoms with Crippen molar-refractivity contribution in [3.8, 4) is 5.69 Å².